The first-order valence-corrected chi connectivity index (χ1v) is 8.84. The lowest BCUT2D eigenvalue weighted by Gasteiger charge is -2.16. The van der Waals surface area contributed by atoms with Crippen molar-refractivity contribution in [2.24, 2.45) is 0 Å². The normalized spacial score (nSPS) is 15.9. The second-order valence-corrected chi connectivity index (χ2v) is 6.43. The molecule has 0 radical (unpaired) electrons. The predicted octanol–water partition coefficient (Wildman–Crippen LogP) is 4.36. The van der Waals surface area contributed by atoms with Crippen molar-refractivity contribution < 1.29 is 14.3 Å². The molecule has 2 amide bonds. The van der Waals surface area contributed by atoms with Gasteiger partial charge in [-0.3, -0.25) is 14.5 Å². The summed E-state index contributed by atoms with van der Waals surface area (Å²) < 4.78 is 5.25. The third kappa shape index (κ3) is 4.15. The number of imide groups is 1. The van der Waals surface area contributed by atoms with Gasteiger partial charge < -0.3 is 10.1 Å². The molecule has 132 valence electrons. The average molecular weight is 366 g/mol. The fourth-order valence-corrected chi connectivity index (χ4v) is 3.21. The van der Waals surface area contributed by atoms with Crippen LogP contribution in [0.3, 0.4) is 0 Å². The van der Waals surface area contributed by atoms with Crippen LogP contribution in [0.5, 0.6) is 5.75 Å². The molecule has 1 N–H and O–H groups in total. The van der Waals surface area contributed by atoms with E-state index in [4.69, 9.17) is 4.74 Å². The van der Waals surface area contributed by atoms with E-state index in [1.807, 2.05) is 60.7 Å². The minimum Gasteiger partial charge on any atom is -0.495 e. The maximum atomic E-state index is 12.4. The number of para-hydroxylation sites is 2. The number of ether oxygens (including phenoxy) is 1. The Morgan fingerprint density at radius 1 is 1.08 bits per heavy atom. The molecule has 2 aromatic carbocycles. The van der Waals surface area contributed by atoms with E-state index in [9.17, 15) is 9.59 Å². The van der Waals surface area contributed by atoms with Gasteiger partial charge in [0.1, 0.15) is 5.75 Å². The Balaban J connectivity index is 1.65. The zero-order chi connectivity index (χ0) is 18.4. The summed E-state index contributed by atoms with van der Waals surface area (Å²) in [5.74, 6) is 0.348. The van der Waals surface area contributed by atoms with Gasteiger partial charge in [0.25, 0.3) is 11.1 Å². The van der Waals surface area contributed by atoms with Crippen LogP contribution >= 0.6 is 11.8 Å². The highest BCUT2D eigenvalue weighted by Crippen LogP contribution is 2.31. The number of hydrogen-bond donors (Lipinski definition) is 1. The second-order valence-electron chi connectivity index (χ2n) is 5.44. The van der Waals surface area contributed by atoms with E-state index in [-0.39, 0.29) is 17.8 Å². The monoisotopic (exact) mass is 366 g/mol. The van der Waals surface area contributed by atoms with Crippen LogP contribution in [-0.2, 0) is 4.79 Å². The lowest BCUT2D eigenvalue weighted by molar-refractivity contribution is -0.122. The number of allylic oxidation sites excluding steroid dienone is 2. The van der Waals surface area contributed by atoms with Crippen molar-refractivity contribution in [3.63, 3.8) is 0 Å². The maximum absolute atomic E-state index is 12.4. The Labute approximate surface area is 156 Å². The number of carbonyl (C=O) groups is 2. The molecule has 0 aromatic heterocycles. The molecule has 3 rings (SSSR count). The van der Waals surface area contributed by atoms with E-state index >= 15 is 0 Å². The van der Waals surface area contributed by atoms with Gasteiger partial charge in [-0.05, 0) is 35.5 Å². The van der Waals surface area contributed by atoms with E-state index in [1.54, 1.807) is 19.3 Å². The van der Waals surface area contributed by atoms with Crippen LogP contribution < -0.4 is 10.1 Å². The molecule has 26 heavy (non-hydrogen) atoms. The van der Waals surface area contributed by atoms with Crippen molar-refractivity contribution in [1.82, 2.24) is 4.90 Å². The van der Waals surface area contributed by atoms with E-state index < -0.39 is 0 Å². The molecule has 0 atom stereocenters. The van der Waals surface area contributed by atoms with Gasteiger partial charge in [-0.15, -0.1) is 0 Å². The van der Waals surface area contributed by atoms with Gasteiger partial charge in [-0.1, -0.05) is 54.6 Å². The second kappa shape index (κ2) is 8.40. The molecule has 1 aliphatic rings. The number of methoxy groups -OCH3 is 1. The summed E-state index contributed by atoms with van der Waals surface area (Å²) in [6.45, 7) is 0.0881. The standard InChI is InChI=1S/C20H18N2O3S/c1-25-17-12-6-5-11-16(17)21-14-22-19(23)18(26-20(22)24)13-7-10-15-8-3-2-4-9-15/h2-13,21H,14H2,1H3/b10-7+,18-13+. The van der Waals surface area contributed by atoms with Crippen LogP contribution in [0.1, 0.15) is 5.56 Å². The maximum Gasteiger partial charge on any atom is 0.295 e. The fourth-order valence-electron chi connectivity index (χ4n) is 2.42. The summed E-state index contributed by atoms with van der Waals surface area (Å²) >= 11 is 0.938. The number of amides is 2. The van der Waals surface area contributed by atoms with Crippen LogP contribution in [0.15, 0.2) is 71.7 Å². The number of nitrogens with one attached hydrogen (secondary N) is 1. The molecule has 6 heteroatoms. The SMILES string of the molecule is COc1ccccc1NCN1C(=O)S/C(=C/C=C/c2ccccc2)C1=O. The molecular weight excluding hydrogens is 348 g/mol. The van der Waals surface area contributed by atoms with Crippen molar-refractivity contribution >= 4 is 34.7 Å². The first kappa shape index (κ1) is 17.8. The fraction of sp³-hybridized carbons (Fsp3) is 0.100. The summed E-state index contributed by atoms with van der Waals surface area (Å²) in [7, 11) is 1.57. The Bertz CT molecular complexity index is 862. The highest BCUT2D eigenvalue weighted by atomic mass is 32.2. The lowest BCUT2D eigenvalue weighted by atomic mass is 10.2. The topological polar surface area (TPSA) is 58.6 Å². The van der Waals surface area contributed by atoms with Crippen LogP contribution in [0, 0.1) is 0 Å². The molecular formula is C20H18N2O3S. The number of anilines is 1. The molecule has 1 saturated heterocycles. The first-order valence-electron chi connectivity index (χ1n) is 8.03. The van der Waals surface area contributed by atoms with E-state index in [0.717, 1.165) is 23.0 Å². The average Bonchev–Trinajstić information content (AvgIpc) is 2.94. The predicted molar refractivity (Wildman–Crippen MR) is 105 cm³/mol. The van der Waals surface area contributed by atoms with Crippen LogP contribution in [-0.4, -0.2) is 29.8 Å². The van der Waals surface area contributed by atoms with Crippen molar-refractivity contribution in [3.8, 4) is 5.75 Å². The Hall–Kier alpha value is -2.99. The molecule has 5 nitrogen and oxygen atoms in total. The Kier molecular flexibility index (Phi) is 5.76. The smallest absolute Gasteiger partial charge is 0.295 e. The highest BCUT2D eigenvalue weighted by Gasteiger charge is 2.34. The number of benzene rings is 2. The van der Waals surface area contributed by atoms with Gasteiger partial charge in [0.15, 0.2) is 0 Å². The Morgan fingerprint density at radius 2 is 1.81 bits per heavy atom. The molecule has 1 aliphatic heterocycles. The molecule has 0 saturated carbocycles. The summed E-state index contributed by atoms with van der Waals surface area (Å²) in [6, 6.07) is 17.1. The van der Waals surface area contributed by atoms with Crippen molar-refractivity contribution in [1.29, 1.82) is 0 Å². The van der Waals surface area contributed by atoms with Gasteiger partial charge >= 0.3 is 0 Å². The van der Waals surface area contributed by atoms with Crippen LogP contribution in [0.2, 0.25) is 0 Å². The van der Waals surface area contributed by atoms with E-state index in [1.165, 1.54) is 4.90 Å². The van der Waals surface area contributed by atoms with Crippen molar-refractivity contribution in [2.45, 2.75) is 0 Å². The largest absolute Gasteiger partial charge is 0.495 e. The molecule has 0 spiro atoms. The zero-order valence-electron chi connectivity index (χ0n) is 14.2. The summed E-state index contributed by atoms with van der Waals surface area (Å²) in [5, 5.41) is 2.78. The lowest BCUT2D eigenvalue weighted by Crippen LogP contribution is -2.33. The molecule has 1 heterocycles. The highest BCUT2D eigenvalue weighted by molar-refractivity contribution is 8.18. The van der Waals surface area contributed by atoms with E-state index in [2.05, 4.69) is 5.32 Å². The van der Waals surface area contributed by atoms with Crippen molar-refractivity contribution in [2.75, 3.05) is 19.1 Å². The number of hydrogen-bond acceptors (Lipinski definition) is 5. The third-order valence-electron chi connectivity index (χ3n) is 3.74. The minimum atomic E-state index is -0.305. The zero-order valence-corrected chi connectivity index (χ0v) is 15.0. The number of carbonyl (C=O) groups excluding carboxylic acids is 2. The van der Waals surface area contributed by atoms with Gasteiger partial charge in [-0.25, -0.2) is 0 Å². The van der Waals surface area contributed by atoms with Crippen molar-refractivity contribution in [3.05, 3.63) is 77.2 Å². The molecule has 0 bridgehead atoms. The van der Waals surface area contributed by atoms with Crippen LogP contribution in [0.25, 0.3) is 6.08 Å². The summed E-state index contributed by atoms with van der Waals surface area (Å²) in [4.78, 5) is 26.2. The molecule has 0 aliphatic carbocycles. The van der Waals surface area contributed by atoms with Gasteiger partial charge in [-0.2, -0.15) is 0 Å². The summed E-state index contributed by atoms with van der Waals surface area (Å²) in [5.41, 5.74) is 1.75. The van der Waals surface area contributed by atoms with Gasteiger partial charge in [0, 0.05) is 0 Å². The van der Waals surface area contributed by atoms with E-state index in [0.29, 0.717) is 10.7 Å². The molecule has 0 unspecified atom stereocenters. The number of rotatable bonds is 6. The molecule has 2 aromatic rings. The minimum absolute atomic E-state index is 0.0881. The summed E-state index contributed by atoms with van der Waals surface area (Å²) in [6.07, 6.45) is 5.34. The quantitative estimate of drug-likeness (QED) is 0.770. The van der Waals surface area contributed by atoms with Crippen LogP contribution in [0.4, 0.5) is 10.5 Å². The number of nitrogens with zero attached hydrogens (tertiary/aromatic N) is 1. The first-order chi connectivity index (χ1) is 12.7. The Morgan fingerprint density at radius 3 is 2.58 bits per heavy atom. The number of thioether (sulfide) groups is 1. The van der Waals surface area contributed by atoms with Gasteiger partial charge in [0.2, 0.25) is 0 Å². The van der Waals surface area contributed by atoms with Gasteiger partial charge in [0.05, 0.1) is 24.4 Å². The third-order valence-corrected chi connectivity index (χ3v) is 4.67. The molecule has 1 fully saturated rings.